The molecule has 0 amide bonds. The van der Waals surface area contributed by atoms with Crippen molar-refractivity contribution in [2.45, 2.75) is 19.4 Å². The monoisotopic (exact) mass is 363 g/mol. The second-order valence-electron chi connectivity index (χ2n) is 6.27. The minimum absolute atomic E-state index is 0.0606. The maximum atomic E-state index is 13.3. The fourth-order valence-corrected chi connectivity index (χ4v) is 4.65. The molecule has 0 saturated carbocycles. The van der Waals surface area contributed by atoms with Crippen LogP contribution >= 0.6 is 0 Å². The Bertz CT molecular complexity index is 814. The van der Waals surface area contributed by atoms with Crippen LogP contribution in [0.1, 0.15) is 12.5 Å². The van der Waals surface area contributed by atoms with Gasteiger partial charge in [-0.3, -0.25) is 0 Å². The van der Waals surface area contributed by atoms with Gasteiger partial charge >= 0.3 is 0 Å². The highest BCUT2D eigenvalue weighted by molar-refractivity contribution is 7.89. The third-order valence-electron chi connectivity index (χ3n) is 4.47. The SMILES string of the molecule is CC1CN(S(=O)(=O)CCc2ccccc2)CCN1c1cccc(F)n1. The van der Waals surface area contributed by atoms with Gasteiger partial charge in [-0.15, -0.1) is 0 Å². The molecule has 0 N–H and O–H groups in total. The van der Waals surface area contributed by atoms with Gasteiger partial charge in [0.2, 0.25) is 16.0 Å². The first-order valence-corrected chi connectivity index (χ1v) is 9.97. The number of aryl methyl sites for hydroxylation is 1. The summed E-state index contributed by atoms with van der Waals surface area (Å²) in [6, 6.07) is 14.2. The summed E-state index contributed by atoms with van der Waals surface area (Å²) in [5, 5.41) is 0. The zero-order chi connectivity index (χ0) is 17.9. The summed E-state index contributed by atoms with van der Waals surface area (Å²) in [5.41, 5.74) is 1.02. The molecule has 1 aliphatic heterocycles. The summed E-state index contributed by atoms with van der Waals surface area (Å²) in [5.74, 6) is 0.124. The number of halogens is 1. The van der Waals surface area contributed by atoms with Gasteiger partial charge in [-0.25, -0.2) is 13.4 Å². The lowest BCUT2D eigenvalue weighted by Crippen LogP contribution is -2.54. The van der Waals surface area contributed by atoms with E-state index in [0.717, 1.165) is 5.56 Å². The van der Waals surface area contributed by atoms with Crippen LogP contribution < -0.4 is 4.90 Å². The van der Waals surface area contributed by atoms with Gasteiger partial charge in [0, 0.05) is 25.7 Å². The Labute approximate surface area is 148 Å². The molecule has 1 atom stereocenters. The summed E-state index contributed by atoms with van der Waals surface area (Å²) in [6.07, 6.45) is 0.503. The Morgan fingerprint density at radius 3 is 2.56 bits per heavy atom. The Morgan fingerprint density at radius 2 is 1.88 bits per heavy atom. The molecule has 3 rings (SSSR count). The molecule has 1 aromatic carbocycles. The molecule has 1 aromatic heterocycles. The molecule has 1 unspecified atom stereocenters. The number of piperazine rings is 1. The number of benzene rings is 1. The number of anilines is 1. The number of nitrogens with zero attached hydrogens (tertiary/aromatic N) is 3. The fourth-order valence-electron chi connectivity index (χ4n) is 3.10. The van der Waals surface area contributed by atoms with Crippen molar-refractivity contribution in [1.29, 1.82) is 0 Å². The Balaban J connectivity index is 1.63. The molecule has 1 aliphatic rings. The van der Waals surface area contributed by atoms with Crippen molar-refractivity contribution in [3.8, 4) is 0 Å². The highest BCUT2D eigenvalue weighted by Gasteiger charge is 2.31. The number of aromatic nitrogens is 1. The van der Waals surface area contributed by atoms with Crippen molar-refractivity contribution < 1.29 is 12.8 Å². The van der Waals surface area contributed by atoms with Gasteiger partial charge in [0.15, 0.2) is 0 Å². The molecule has 134 valence electrons. The van der Waals surface area contributed by atoms with Crippen LogP contribution in [-0.4, -0.2) is 49.1 Å². The highest BCUT2D eigenvalue weighted by atomic mass is 32.2. The minimum atomic E-state index is -3.32. The first kappa shape index (κ1) is 17.8. The van der Waals surface area contributed by atoms with Crippen LogP contribution in [0.2, 0.25) is 0 Å². The second-order valence-corrected chi connectivity index (χ2v) is 8.36. The van der Waals surface area contributed by atoms with Gasteiger partial charge in [-0.1, -0.05) is 36.4 Å². The van der Waals surface area contributed by atoms with Crippen molar-refractivity contribution in [2.75, 3.05) is 30.3 Å². The van der Waals surface area contributed by atoms with Gasteiger partial charge in [0.25, 0.3) is 0 Å². The molecular weight excluding hydrogens is 341 g/mol. The minimum Gasteiger partial charge on any atom is -0.351 e. The third-order valence-corrected chi connectivity index (χ3v) is 6.31. The van der Waals surface area contributed by atoms with E-state index in [1.165, 1.54) is 10.4 Å². The van der Waals surface area contributed by atoms with E-state index in [1.54, 1.807) is 12.1 Å². The Kier molecular flexibility index (Phi) is 5.34. The standard InChI is InChI=1S/C18H22FN3O2S/c1-15-14-21(11-12-22(15)18-9-5-8-17(19)20-18)25(23,24)13-10-16-6-3-2-4-7-16/h2-9,15H,10-14H2,1H3. The third kappa shape index (κ3) is 4.35. The topological polar surface area (TPSA) is 53.5 Å². The molecule has 0 bridgehead atoms. The second kappa shape index (κ2) is 7.49. The number of sulfonamides is 1. The average molecular weight is 363 g/mol. The van der Waals surface area contributed by atoms with Crippen LogP contribution in [0, 0.1) is 5.95 Å². The van der Waals surface area contributed by atoms with Crippen LogP contribution in [0.4, 0.5) is 10.2 Å². The van der Waals surface area contributed by atoms with Crippen molar-refractivity contribution in [1.82, 2.24) is 9.29 Å². The molecule has 0 aliphatic carbocycles. The zero-order valence-electron chi connectivity index (χ0n) is 14.2. The molecule has 0 spiro atoms. The van der Waals surface area contributed by atoms with Gasteiger partial charge in [-0.05, 0) is 31.0 Å². The van der Waals surface area contributed by atoms with Gasteiger partial charge in [-0.2, -0.15) is 8.70 Å². The summed E-state index contributed by atoms with van der Waals surface area (Å²) in [7, 11) is -3.32. The molecule has 2 aromatic rings. The highest BCUT2D eigenvalue weighted by Crippen LogP contribution is 2.20. The molecule has 7 heteroatoms. The summed E-state index contributed by atoms with van der Waals surface area (Å²) in [4.78, 5) is 5.85. The van der Waals surface area contributed by atoms with Crippen LogP contribution in [0.3, 0.4) is 0 Å². The summed E-state index contributed by atoms with van der Waals surface area (Å²) in [6.45, 7) is 3.21. The van der Waals surface area contributed by atoms with E-state index < -0.39 is 16.0 Å². The van der Waals surface area contributed by atoms with E-state index in [4.69, 9.17) is 0 Å². The van der Waals surface area contributed by atoms with Crippen molar-refractivity contribution in [3.63, 3.8) is 0 Å². The lowest BCUT2D eigenvalue weighted by molar-refractivity contribution is 0.340. The van der Waals surface area contributed by atoms with Crippen LogP contribution in [0.5, 0.6) is 0 Å². The van der Waals surface area contributed by atoms with E-state index in [9.17, 15) is 12.8 Å². The average Bonchev–Trinajstić information content (AvgIpc) is 2.61. The molecule has 0 radical (unpaired) electrons. The summed E-state index contributed by atoms with van der Waals surface area (Å²) >= 11 is 0. The Morgan fingerprint density at radius 1 is 1.12 bits per heavy atom. The molecule has 2 heterocycles. The fraction of sp³-hybridized carbons (Fsp3) is 0.389. The van der Waals surface area contributed by atoms with Crippen molar-refractivity contribution >= 4 is 15.8 Å². The van der Waals surface area contributed by atoms with E-state index in [-0.39, 0.29) is 11.8 Å². The molecule has 1 saturated heterocycles. The van der Waals surface area contributed by atoms with Crippen LogP contribution in [0.15, 0.2) is 48.5 Å². The lowest BCUT2D eigenvalue weighted by atomic mass is 10.2. The van der Waals surface area contributed by atoms with E-state index in [1.807, 2.05) is 42.2 Å². The molecule has 1 fully saturated rings. The van der Waals surface area contributed by atoms with Gasteiger partial charge in [0.05, 0.1) is 5.75 Å². The number of hydrogen-bond donors (Lipinski definition) is 0. The number of pyridine rings is 1. The maximum Gasteiger partial charge on any atom is 0.214 e. The van der Waals surface area contributed by atoms with E-state index in [2.05, 4.69) is 4.98 Å². The van der Waals surface area contributed by atoms with Crippen molar-refractivity contribution in [2.24, 2.45) is 0 Å². The molecule has 25 heavy (non-hydrogen) atoms. The number of rotatable bonds is 5. The first-order chi connectivity index (χ1) is 12.0. The van der Waals surface area contributed by atoms with Crippen LogP contribution in [0.25, 0.3) is 0 Å². The van der Waals surface area contributed by atoms with E-state index >= 15 is 0 Å². The van der Waals surface area contributed by atoms with E-state index in [0.29, 0.717) is 31.9 Å². The van der Waals surface area contributed by atoms with Crippen LogP contribution in [-0.2, 0) is 16.4 Å². The normalized spacial score (nSPS) is 19.1. The van der Waals surface area contributed by atoms with Gasteiger partial charge in [0.1, 0.15) is 5.82 Å². The number of hydrogen-bond acceptors (Lipinski definition) is 4. The zero-order valence-corrected chi connectivity index (χ0v) is 15.0. The molecule has 5 nitrogen and oxygen atoms in total. The Hall–Kier alpha value is -1.99. The predicted octanol–water partition coefficient (Wildman–Crippen LogP) is 2.30. The van der Waals surface area contributed by atoms with Crippen molar-refractivity contribution in [3.05, 3.63) is 60.0 Å². The molecular formula is C18H22FN3O2S. The lowest BCUT2D eigenvalue weighted by Gasteiger charge is -2.39. The first-order valence-electron chi connectivity index (χ1n) is 8.37. The van der Waals surface area contributed by atoms with Gasteiger partial charge < -0.3 is 4.90 Å². The summed E-state index contributed by atoms with van der Waals surface area (Å²) < 4.78 is 40.1. The quantitative estimate of drug-likeness (QED) is 0.765. The predicted molar refractivity (Wildman–Crippen MR) is 96.5 cm³/mol. The largest absolute Gasteiger partial charge is 0.351 e. The maximum absolute atomic E-state index is 13.3. The smallest absolute Gasteiger partial charge is 0.214 e.